The number of nitrogens with one attached hydrogen (secondary N) is 2. The summed E-state index contributed by atoms with van der Waals surface area (Å²) < 4.78 is 0. The molecule has 6 nitrogen and oxygen atoms in total. The molecule has 0 fully saturated rings. The van der Waals surface area contributed by atoms with E-state index in [1.807, 2.05) is 42.5 Å². The minimum Gasteiger partial charge on any atom is -0.409 e. The zero-order chi connectivity index (χ0) is 15.1. The average Bonchev–Trinajstić information content (AvgIpc) is 2.51. The van der Waals surface area contributed by atoms with Crippen LogP contribution in [0, 0.1) is 0 Å². The summed E-state index contributed by atoms with van der Waals surface area (Å²) >= 11 is 0. The summed E-state index contributed by atoms with van der Waals surface area (Å²) in [5, 5.41) is 18.9. The first kappa shape index (κ1) is 14.6. The number of amides is 2. The Kier molecular flexibility index (Phi) is 4.98. The van der Waals surface area contributed by atoms with Crippen LogP contribution in [0.25, 0.3) is 10.8 Å². The molecule has 0 radical (unpaired) electrons. The molecule has 0 aromatic heterocycles. The summed E-state index contributed by atoms with van der Waals surface area (Å²) in [4.78, 5) is 11.8. The van der Waals surface area contributed by atoms with Crippen LogP contribution in [0.3, 0.4) is 0 Å². The molecular formula is C15H18N4O2. The Labute approximate surface area is 122 Å². The van der Waals surface area contributed by atoms with Gasteiger partial charge in [-0.25, -0.2) is 4.79 Å². The number of benzene rings is 2. The third kappa shape index (κ3) is 4.10. The number of carbonyl (C=O) groups is 1. The number of anilines is 1. The van der Waals surface area contributed by atoms with Crippen molar-refractivity contribution in [2.75, 3.05) is 11.9 Å². The maximum Gasteiger partial charge on any atom is 0.319 e. The molecule has 2 aromatic carbocycles. The van der Waals surface area contributed by atoms with Crippen LogP contribution >= 0.6 is 0 Å². The van der Waals surface area contributed by atoms with E-state index < -0.39 is 0 Å². The van der Waals surface area contributed by atoms with Gasteiger partial charge in [0.15, 0.2) is 0 Å². The molecule has 21 heavy (non-hydrogen) atoms. The zero-order valence-electron chi connectivity index (χ0n) is 11.5. The lowest BCUT2D eigenvalue weighted by Gasteiger charge is -2.10. The van der Waals surface area contributed by atoms with Crippen LogP contribution in [0.5, 0.6) is 0 Å². The van der Waals surface area contributed by atoms with Crippen molar-refractivity contribution in [3.63, 3.8) is 0 Å². The maximum atomic E-state index is 11.8. The van der Waals surface area contributed by atoms with Gasteiger partial charge in [0.1, 0.15) is 5.84 Å². The standard InChI is InChI=1S/C15H18N4O2/c16-14(19-21)9-4-10-17-15(20)18-13-8-3-6-11-5-1-2-7-12(11)13/h1-3,5-8,21H,4,9-10H2,(H2,16,19)(H2,17,18,20). The Morgan fingerprint density at radius 2 is 1.95 bits per heavy atom. The van der Waals surface area contributed by atoms with Gasteiger partial charge in [-0.3, -0.25) is 0 Å². The van der Waals surface area contributed by atoms with Crippen molar-refractivity contribution in [2.45, 2.75) is 12.8 Å². The fourth-order valence-electron chi connectivity index (χ4n) is 2.02. The molecule has 6 heteroatoms. The number of nitrogens with zero attached hydrogens (tertiary/aromatic N) is 1. The molecule has 0 spiro atoms. The summed E-state index contributed by atoms with van der Waals surface area (Å²) in [5.41, 5.74) is 6.11. The predicted octanol–water partition coefficient (Wildman–Crippen LogP) is 2.49. The van der Waals surface area contributed by atoms with Crippen LogP contribution in [0.1, 0.15) is 12.8 Å². The van der Waals surface area contributed by atoms with Crippen LogP contribution in [0.2, 0.25) is 0 Å². The van der Waals surface area contributed by atoms with Gasteiger partial charge in [0.25, 0.3) is 0 Å². The van der Waals surface area contributed by atoms with Gasteiger partial charge in [-0.15, -0.1) is 0 Å². The SMILES string of the molecule is NC(CCCNC(=O)Nc1cccc2ccccc12)=NO. The van der Waals surface area contributed by atoms with Crippen LogP contribution in [0.15, 0.2) is 47.6 Å². The number of oxime groups is 1. The van der Waals surface area contributed by atoms with E-state index in [0.717, 1.165) is 16.5 Å². The van der Waals surface area contributed by atoms with Gasteiger partial charge >= 0.3 is 6.03 Å². The summed E-state index contributed by atoms with van der Waals surface area (Å²) in [6, 6.07) is 13.3. The second-order valence-corrected chi connectivity index (χ2v) is 4.60. The van der Waals surface area contributed by atoms with Gasteiger partial charge in [-0.2, -0.15) is 0 Å². The molecule has 2 aromatic rings. The highest BCUT2D eigenvalue weighted by atomic mass is 16.4. The first-order valence-electron chi connectivity index (χ1n) is 6.69. The van der Waals surface area contributed by atoms with Crippen molar-refractivity contribution in [2.24, 2.45) is 10.9 Å². The van der Waals surface area contributed by atoms with Crippen LogP contribution in [0.4, 0.5) is 10.5 Å². The van der Waals surface area contributed by atoms with Gasteiger partial charge in [0.2, 0.25) is 0 Å². The predicted molar refractivity (Wildman–Crippen MR) is 83.6 cm³/mol. The smallest absolute Gasteiger partial charge is 0.319 e. The number of nitrogens with two attached hydrogens (primary N) is 1. The Hall–Kier alpha value is -2.76. The molecule has 2 amide bonds. The molecule has 0 atom stereocenters. The lowest BCUT2D eigenvalue weighted by atomic mass is 10.1. The average molecular weight is 286 g/mol. The first-order chi connectivity index (χ1) is 10.2. The fourth-order valence-corrected chi connectivity index (χ4v) is 2.02. The summed E-state index contributed by atoms with van der Waals surface area (Å²) in [7, 11) is 0. The van der Waals surface area contributed by atoms with Gasteiger partial charge < -0.3 is 21.6 Å². The maximum absolute atomic E-state index is 11.8. The third-order valence-electron chi connectivity index (χ3n) is 3.06. The Balaban J connectivity index is 1.90. The molecule has 5 N–H and O–H groups in total. The van der Waals surface area contributed by atoms with Crippen molar-refractivity contribution >= 4 is 28.3 Å². The molecular weight excluding hydrogens is 268 g/mol. The van der Waals surface area contributed by atoms with Crippen LogP contribution < -0.4 is 16.4 Å². The number of fused-ring (bicyclic) bond motifs is 1. The highest BCUT2D eigenvalue weighted by Crippen LogP contribution is 2.22. The molecule has 0 saturated heterocycles. The van der Waals surface area contributed by atoms with Crippen LogP contribution in [-0.4, -0.2) is 23.6 Å². The third-order valence-corrected chi connectivity index (χ3v) is 3.06. The number of rotatable bonds is 5. The monoisotopic (exact) mass is 286 g/mol. The number of carbonyl (C=O) groups excluding carboxylic acids is 1. The number of amidine groups is 1. The topological polar surface area (TPSA) is 99.7 Å². The lowest BCUT2D eigenvalue weighted by Crippen LogP contribution is -2.30. The van der Waals surface area contributed by atoms with Crippen LogP contribution in [-0.2, 0) is 0 Å². The highest BCUT2D eigenvalue weighted by Gasteiger charge is 2.04. The van der Waals surface area contributed by atoms with Gasteiger partial charge in [0.05, 0.1) is 5.69 Å². The molecule has 2 rings (SSSR count). The van der Waals surface area contributed by atoms with E-state index in [0.29, 0.717) is 19.4 Å². The highest BCUT2D eigenvalue weighted by molar-refractivity contribution is 6.01. The molecule has 0 heterocycles. The van der Waals surface area contributed by atoms with E-state index in [1.165, 1.54) is 0 Å². The van der Waals surface area contributed by atoms with Gasteiger partial charge in [0, 0.05) is 18.4 Å². The lowest BCUT2D eigenvalue weighted by molar-refractivity contribution is 0.252. The number of hydrogen-bond donors (Lipinski definition) is 4. The van der Waals surface area contributed by atoms with Gasteiger partial charge in [-0.05, 0) is 17.9 Å². The quantitative estimate of drug-likeness (QED) is 0.223. The van der Waals surface area contributed by atoms with E-state index in [-0.39, 0.29) is 11.9 Å². The molecule has 0 unspecified atom stereocenters. The van der Waals surface area contributed by atoms with E-state index in [4.69, 9.17) is 10.9 Å². The van der Waals surface area contributed by atoms with Crippen molar-refractivity contribution in [3.05, 3.63) is 42.5 Å². The molecule has 0 aliphatic rings. The first-order valence-corrected chi connectivity index (χ1v) is 6.69. The normalized spacial score (nSPS) is 11.3. The number of hydrogen-bond acceptors (Lipinski definition) is 3. The van der Waals surface area contributed by atoms with Crippen molar-refractivity contribution in [1.82, 2.24) is 5.32 Å². The molecule has 0 bridgehead atoms. The summed E-state index contributed by atoms with van der Waals surface area (Å²) in [5.74, 6) is 0.159. The summed E-state index contributed by atoms with van der Waals surface area (Å²) in [6.45, 7) is 0.451. The second kappa shape index (κ2) is 7.14. The van der Waals surface area contributed by atoms with E-state index in [1.54, 1.807) is 0 Å². The minimum atomic E-state index is -0.272. The molecule has 0 aliphatic heterocycles. The number of urea groups is 1. The van der Waals surface area contributed by atoms with E-state index in [2.05, 4.69) is 15.8 Å². The van der Waals surface area contributed by atoms with Crippen molar-refractivity contribution in [3.8, 4) is 0 Å². The largest absolute Gasteiger partial charge is 0.409 e. The second-order valence-electron chi connectivity index (χ2n) is 4.60. The van der Waals surface area contributed by atoms with E-state index in [9.17, 15) is 4.79 Å². The molecule has 0 aliphatic carbocycles. The Morgan fingerprint density at radius 1 is 1.19 bits per heavy atom. The molecule has 110 valence electrons. The van der Waals surface area contributed by atoms with Crippen molar-refractivity contribution < 1.29 is 10.0 Å². The Morgan fingerprint density at radius 3 is 2.76 bits per heavy atom. The van der Waals surface area contributed by atoms with Crippen molar-refractivity contribution in [1.29, 1.82) is 0 Å². The minimum absolute atomic E-state index is 0.159. The van der Waals surface area contributed by atoms with E-state index >= 15 is 0 Å². The summed E-state index contributed by atoms with van der Waals surface area (Å²) in [6.07, 6.45) is 1.05. The fraction of sp³-hybridized carbons (Fsp3) is 0.200. The molecule has 0 saturated carbocycles. The zero-order valence-corrected chi connectivity index (χ0v) is 11.5. The Bertz CT molecular complexity index is 650. The van der Waals surface area contributed by atoms with Gasteiger partial charge in [-0.1, -0.05) is 41.6 Å².